The van der Waals surface area contributed by atoms with Crippen LogP contribution in [0.15, 0.2) is 0 Å². The largest absolute Gasteiger partial charge is 0.394 e. The van der Waals surface area contributed by atoms with E-state index < -0.39 is 85.8 Å². The molecule has 22 atom stereocenters. The molecule has 7 N–H and O–H groups in total. The van der Waals surface area contributed by atoms with Crippen molar-refractivity contribution in [1.82, 2.24) is 0 Å². The van der Waals surface area contributed by atoms with Crippen LogP contribution in [0.2, 0.25) is 0 Å². The molecule has 1 spiro atoms. The molecule has 0 aromatic heterocycles. The van der Waals surface area contributed by atoms with Gasteiger partial charge in [-0.1, -0.05) is 27.7 Å². The minimum Gasteiger partial charge on any atom is -0.394 e. The quantitative estimate of drug-likeness (QED) is 0.185. The second-order valence-electron chi connectivity index (χ2n) is 18.6. The molecular formula is C39H62O14. The zero-order valence-electron chi connectivity index (χ0n) is 31.4. The topological polar surface area (TPSA) is 214 Å². The molecule has 0 aromatic carbocycles. The molecule has 8 rings (SSSR count). The highest BCUT2D eigenvalue weighted by molar-refractivity contribution is 5.87. The van der Waals surface area contributed by atoms with Crippen molar-refractivity contribution in [3.8, 4) is 0 Å². The average Bonchev–Trinajstić information content (AvgIpc) is 3.59. The molecule has 53 heavy (non-hydrogen) atoms. The summed E-state index contributed by atoms with van der Waals surface area (Å²) in [6, 6.07) is 0. The Bertz CT molecular complexity index is 1340. The number of hydrogen-bond donors (Lipinski definition) is 7. The molecule has 0 radical (unpaired) electrons. The number of fused-ring (bicyclic) bond motifs is 7. The van der Waals surface area contributed by atoms with Crippen LogP contribution in [0.4, 0.5) is 0 Å². The molecular weight excluding hydrogens is 692 g/mol. The summed E-state index contributed by atoms with van der Waals surface area (Å²) in [5.41, 5.74) is -0.453. The average molecular weight is 755 g/mol. The predicted molar refractivity (Wildman–Crippen MR) is 183 cm³/mol. The number of Topliss-reactive ketones (excluding diaryl/α,β-unsaturated/α-hetero) is 1. The molecule has 8 fully saturated rings. The van der Waals surface area contributed by atoms with E-state index in [1.807, 2.05) is 0 Å². The minimum absolute atomic E-state index is 0.0443. The molecule has 8 aliphatic rings. The molecule has 4 aliphatic carbocycles. The molecule has 4 unspecified atom stereocenters. The van der Waals surface area contributed by atoms with Gasteiger partial charge in [0.15, 0.2) is 18.4 Å². The van der Waals surface area contributed by atoms with E-state index in [2.05, 4.69) is 27.7 Å². The van der Waals surface area contributed by atoms with Crippen molar-refractivity contribution in [3.63, 3.8) is 0 Å². The van der Waals surface area contributed by atoms with Gasteiger partial charge in [-0.05, 0) is 80.0 Å². The van der Waals surface area contributed by atoms with Crippen molar-refractivity contribution >= 4 is 5.78 Å². The first-order valence-corrected chi connectivity index (χ1v) is 20.3. The number of aliphatic hydroxyl groups excluding tert-OH is 7. The Morgan fingerprint density at radius 2 is 1.47 bits per heavy atom. The summed E-state index contributed by atoms with van der Waals surface area (Å²) in [5, 5.41) is 72.8. The Morgan fingerprint density at radius 1 is 0.774 bits per heavy atom. The van der Waals surface area contributed by atoms with Crippen LogP contribution < -0.4 is 0 Å². The Balaban J connectivity index is 0.909. The number of carbonyl (C=O) groups is 1. The molecule has 302 valence electrons. The monoisotopic (exact) mass is 754 g/mol. The molecule has 4 saturated carbocycles. The van der Waals surface area contributed by atoms with Crippen LogP contribution in [0.1, 0.15) is 85.5 Å². The van der Waals surface area contributed by atoms with Crippen molar-refractivity contribution < 1.29 is 69.0 Å². The lowest BCUT2D eigenvalue weighted by atomic mass is 9.44. The van der Waals surface area contributed by atoms with E-state index in [4.69, 9.17) is 28.4 Å². The first kappa shape index (κ1) is 39.0. The highest BCUT2D eigenvalue weighted by Crippen LogP contribution is 2.70. The first-order chi connectivity index (χ1) is 25.2. The Hall–Kier alpha value is -0.850. The maximum Gasteiger partial charge on any atom is 0.187 e. The SMILES string of the molecule is CC1C2C(C[C@H]3[C@@H]4CCC5C[C@@H](O[C@@H]6O[C@H](CO)[C@@H](O[C@@H]7O[C@H](CO)[C@@H](O)[C@H](O)[C@H]7O)[C@H](O)[C@H]6O)CC[C@]5(C)[C@H]4CC(=O)[C@]23C)O[C@]12CC[C@@H](C)CO2. The number of ketones is 1. The van der Waals surface area contributed by atoms with E-state index >= 15 is 0 Å². The maximum atomic E-state index is 14.5. The lowest BCUT2D eigenvalue weighted by Crippen LogP contribution is -2.65. The van der Waals surface area contributed by atoms with Gasteiger partial charge in [-0.3, -0.25) is 4.79 Å². The van der Waals surface area contributed by atoms with E-state index in [1.165, 1.54) is 0 Å². The second kappa shape index (κ2) is 14.2. The summed E-state index contributed by atoms with van der Waals surface area (Å²) in [5.74, 6) is 2.02. The number of carbonyl (C=O) groups excluding carboxylic acids is 1. The van der Waals surface area contributed by atoms with Crippen molar-refractivity contribution in [2.24, 2.45) is 52.3 Å². The van der Waals surface area contributed by atoms with Gasteiger partial charge < -0.3 is 64.2 Å². The summed E-state index contributed by atoms with van der Waals surface area (Å²) in [7, 11) is 0. The lowest BCUT2D eigenvalue weighted by molar-refractivity contribution is -0.364. The Morgan fingerprint density at radius 3 is 2.17 bits per heavy atom. The molecule has 0 aromatic rings. The van der Waals surface area contributed by atoms with E-state index in [-0.39, 0.29) is 35.4 Å². The van der Waals surface area contributed by atoms with E-state index in [0.717, 1.165) is 44.9 Å². The highest BCUT2D eigenvalue weighted by Gasteiger charge is 2.72. The molecule has 0 bridgehead atoms. The summed E-state index contributed by atoms with van der Waals surface area (Å²) < 4.78 is 36.7. The zero-order valence-corrected chi connectivity index (χ0v) is 31.4. The summed E-state index contributed by atoms with van der Waals surface area (Å²) in [6.45, 7) is 8.51. The molecule has 0 amide bonds. The van der Waals surface area contributed by atoms with E-state index in [0.29, 0.717) is 48.9 Å². The first-order valence-electron chi connectivity index (χ1n) is 20.3. The van der Waals surface area contributed by atoms with E-state index in [9.17, 15) is 40.5 Å². The molecule has 4 heterocycles. The standard InChI is InChI=1S/C39H62O14/c1-17-7-10-39(48-16-17)18(2)28-24(53-39)12-23-21-6-5-19-11-20(8-9-37(19,3)22(21)13-27(42)38(23,28)4)49-35-33(47)31(45)34(26(15-41)51-35)52-36-32(46)30(44)29(43)25(14-40)50-36/h17-26,28-36,40-41,43-47H,5-16H2,1-4H3/t17-,18?,19?,20+,21-,22+,23+,24?,25-,26-,28?,29-,30+,31-,32-,33-,34-,35-,36+,37+,38-,39-/m1/s1. The van der Waals surface area contributed by atoms with Crippen LogP contribution >= 0.6 is 0 Å². The van der Waals surface area contributed by atoms with Gasteiger partial charge in [0.1, 0.15) is 54.6 Å². The van der Waals surface area contributed by atoms with Crippen LogP contribution in [0.25, 0.3) is 0 Å². The number of rotatable bonds is 6. The summed E-state index contributed by atoms with van der Waals surface area (Å²) >= 11 is 0. The summed E-state index contributed by atoms with van der Waals surface area (Å²) in [6.07, 6.45) is -7.31. The van der Waals surface area contributed by atoms with E-state index in [1.54, 1.807) is 0 Å². The second-order valence-corrected chi connectivity index (χ2v) is 18.6. The van der Waals surface area contributed by atoms with Crippen molar-refractivity contribution in [2.45, 2.75) is 165 Å². The molecule has 4 saturated heterocycles. The van der Waals surface area contributed by atoms with Crippen molar-refractivity contribution in [3.05, 3.63) is 0 Å². The van der Waals surface area contributed by atoms with Crippen molar-refractivity contribution in [2.75, 3.05) is 19.8 Å². The third-order valence-corrected chi connectivity index (χ3v) is 16.0. The summed E-state index contributed by atoms with van der Waals surface area (Å²) in [4.78, 5) is 14.5. The molecule has 14 nitrogen and oxygen atoms in total. The van der Waals surface area contributed by atoms with Gasteiger partial charge in [-0.2, -0.15) is 0 Å². The number of ether oxygens (including phenoxy) is 6. The smallest absolute Gasteiger partial charge is 0.187 e. The van der Waals surface area contributed by atoms with Gasteiger partial charge in [-0.25, -0.2) is 0 Å². The predicted octanol–water partition coefficient (Wildman–Crippen LogP) is 0.621. The number of hydrogen-bond acceptors (Lipinski definition) is 14. The zero-order chi connectivity index (χ0) is 37.8. The van der Waals surface area contributed by atoms with Crippen LogP contribution in [-0.4, -0.2) is 141 Å². The fourth-order valence-electron chi connectivity index (χ4n) is 12.9. The van der Waals surface area contributed by atoms with Gasteiger partial charge >= 0.3 is 0 Å². The number of aliphatic hydroxyl groups is 7. The lowest BCUT2D eigenvalue weighted by Gasteiger charge is -2.60. The molecule has 14 heteroatoms. The molecule has 4 aliphatic heterocycles. The van der Waals surface area contributed by atoms with Gasteiger partial charge in [0, 0.05) is 30.1 Å². The van der Waals surface area contributed by atoms with Gasteiger partial charge in [-0.15, -0.1) is 0 Å². The highest BCUT2D eigenvalue weighted by atomic mass is 16.7. The maximum absolute atomic E-state index is 14.5. The third kappa shape index (κ3) is 6.03. The van der Waals surface area contributed by atoms with Crippen LogP contribution in [0.3, 0.4) is 0 Å². The normalized spacial score (nSPS) is 58.2. The Labute approximate surface area is 311 Å². The van der Waals surface area contributed by atoms with Crippen LogP contribution in [0.5, 0.6) is 0 Å². The fourth-order valence-corrected chi connectivity index (χ4v) is 12.9. The van der Waals surface area contributed by atoms with Gasteiger partial charge in [0.05, 0.1) is 32.0 Å². The van der Waals surface area contributed by atoms with Crippen LogP contribution in [-0.2, 0) is 33.2 Å². The van der Waals surface area contributed by atoms with Crippen LogP contribution in [0, 0.1) is 52.3 Å². The fraction of sp³-hybridized carbons (Fsp3) is 0.974. The third-order valence-electron chi connectivity index (χ3n) is 16.0. The van der Waals surface area contributed by atoms with Crippen molar-refractivity contribution in [1.29, 1.82) is 0 Å². The van der Waals surface area contributed by atoms with Gasteiger partial charge in [0.2, 0.25) is 0 Å². The van der Waals surface area contributed by atoms with Gasteiger partial charge in [0.25, 0.3) is 0 Å². The Kier molecular flexibility index (Phi) is 10.5. The minimum atomic E-state index is -1.73.